The molecule has 0 aromatic carbocycles. The molecule has 3 heteroatoms. The fraction of sp³-hybridized carbons (Fsp3) is 1.00. The Morgan fingerprint density at radius 3 is 2.42 bits per heavy atom. The van der Waals surface area contributed by atoms with Crippen molar-refractivity contribution in [3.63, 3.8) is 0 Å². The van der Waals surface area contributed by atoms with E-state index in [0.29, 0.717) is 18.1 Å². The van der Waals surface area contributed by atoms with E-state index in [0.717, 1.165) is 25.7 Å². The van der Waals surface area contributed by atoms with Gasteiger partial charge in [-0.05, 0) is 45.6 Å². The normalized spacial score (nSPS) is 29.1. The second-order valence-corrected chi connectivity index (χ2v) is 6.11. The van der Waals surface area contributed by atoms with Crippen molar-refractivity contribution in [2.24, 2.45) is 11.8 Å². The van der Waals surface area contributed by atoms with Crippen LogP contribution in [0.2, 0.25) is 0 Å². The lowest BCUT2D eigenvalue weighted by molar-refractivity contribution is -0.0531. The summed E-state index contributed by atoms with van der Waals surface area (Å²) in [7, 11) is 2.09. The van der Waals surface area contributed by atoms with Crippen molar-refractivity contribution in [2.75, 3.05) is 26.9 Å². The van der Waals surface area contributed by atoms with Gasteiger partial charge in [0.05, 0.1) is 12.7 Å². The predicted molar refractivity (Wildman–Crippen MR) is 78.4 cm³/mol. The molecule has 1 aliphatic carbocycles. The van der Waals surface area contributed by atoms with Crippen molar-refractivity contribution in [1.82, 2.24) is 5.32 Å². The first-order valence-electron chi connectivity index (χ1n) is 8.23. The number of nitrogens with one attached hydrogen (secondary N) is 1. The molecule has 1 heterocycles. The minimum absolute atomic E-state index is 0.377. The first-order valence-corrected chi connectivity index (χ1v) is 8.23. The van der Waals surface area contributed by atoms with E-state index >= 15 is 0 Å². The summed E-state index contributed by atoms with van der Waals surface area (Å²) in [5.74, 6) is 1.37. The van der Waals surface area contributed by atoms with Gasteiger partial charge in [-0.2, -0.15) is 0 Å². The Hall–Kier alpha value is -0.120. The highest BCUT2D eigenvalue weighted by atomic mass is 16.5. The first kappa shape index (κ1) is 15.3. The van der Waals surface area contributed by atoms with Gasteiger partial charge in [-0.25, -0.2) is 0 Å². The Kier molecular flexibility index (Phi) is 6.62. The summed E-state index contributed by atoms with van der Waals surface area (Å²) in [6.07, 6.45) is 9.71. The van der Waals surface area contributed by atoms with Crippen molar-refractivity contribution in [3.8, 4) is 0 Å². The molecule has 112 valence electrons. The molecule has 3 atom stereocenters. The molecule has 1 saturated heterocycles. The van der Waals surface area contributed by atoms with Crippen molar-refractivity contribution in [1.29, 1.82) is 0 Å². The van der Waals surface area contributed by atoms with Crippen LogP contribution in [0, 0.1) is 11.8 Å². The molecule has 0 spiro atoms. The highest BCUT2D eigenvalue weighted by Gasteiger charge is 2.35. The smallest absolute Gasteiger partial charge is 0.0759 e. The molecule has 3 unspecified atom stereocenters. The van der Waals surface area contributed by atoms with E-state index in [-0.39, 0.29) is 0 Å². The standard InChI is InChI=1S/C16H31NO2/c1-3-19-16(13-8-5-4-6-9-13)15(17-2)14-10-7-11-18-12-14/h13-17H,3-12H2,1-2H3. The van der Waals surface area contributed by atoms with E-state index < -0.39 is 0 Å². The Balaban J connectivity index is 2.00. The summed E-state index contributed by atoms with van der Waals surface area (Å²) >= 11 is 0. The SMILES string of the molecule is CCOC(C1CCCCC1)C(NC)C1CCCOC1. The summed E-state index contributed by atoms with van der Waals surface area (Å²) in [4.78, 5) is 0. The second kappa shape index (κ2) is 8.23. The predicted octanol–water partition coefficient (Wildman–Crippen LogP) is 2.99. The number of hydrogen-bond acceptors (Lipinski definition) is 3. The summed E-state index contributed by atoms with van der Waals surface area (Å²) in [6.45, 7) is 4.80. The molecule has 2 rings (SSSR count). The van der Waals surface area contributed by atoms with Gasteiger partial charge in [-0.15, -0.1) is 0 Å². The van der Waals surface area contributed by atoms with Gasteiger partial charge < -0.3 is 14.8 Å². The van der Waals surface area contributed by atoms with Crippen LogP contribution < -0.4 is 5.32 Å². The number of hydrogen-bond donors (Lipinski definition) is 1. The molecule has 0 bridgehead atoms. The summed E-state index contributed by atoms with van der Waals surface area (Å²) in [5, 5.41) is 3.55. The van der Waals surface area contributed by atoms with Crippen molar-refractivity contribution < 1.29 is 9.47 Å². The van der Waals surface area contributed by atoms with E-state index in [4.69, 9.17) is 9.47 Å². The van der Waals surface area contributed by atoms with Crippen LogP contribution in [-0.4, -0.2) is 39.0 Å². The zero-order chi connectivity index (χ0) is 13.5. The fourth-order valence-electron chi connectivity index (χ4n) is 3.91. The molecular weight excluding hydrogens is 238 g/mol. The lowest BCUT2D eigenvalue weighted by Gasteiger charge is -2.40. The van der Waals surface area contributed by atoms with Gasteiger partial charge in [0, 0.05) is 25.2 Å². The van der Waals surface area contributed by atoms with Crippen LogP contribution in [0.5, 0.6) is 0 Å². The van der Waals surface area contributed by atoms with Crippen molar-refractivity contribution in [3.05, 3.63) is 0 Å². The topological polar surface area (TPSA) is 30.5 Å². The van der Waals surface area contributed by atoms with Crippen LogP contribution in [0.3, 0.4) is 0 Å². The average molecular weight is 269 g/mol. The van der Waals surface area contributed by atoms with Crippen molar-refractivity contribution >= 4 is 0 Å². The highest BCUT2D eigenvalue weighted by molar-refractivity contribution is 4.89. The zero-order valence-corrected chi connectivity index (χ0v) is 12.7. The zero-order valence-electron chi connectivity index (χ0n) is 12.7. The molecule has 1 N–H and O–H groups in total. The molecule has 0 amide bonds. The van der Waals surface area contributed by atoms with Gasteiger partial charge in [0.15, 0.2) is 0 Å². The highest BCUT2D eigenvalue weighted by Crippen LogP contribution is 2.32. The van der Waals surface area contributed by atoms with Crippen LogP contribution in [-0.2, 0) is 9.47 Å². The van der Waals surface area contributed by atoms with Gasteiger partial charge in [0.1, 0.15) is 0 Å². The van der Waals surface area contributed by atoms with Gasteiger partial charge in [-0.1, -0.05) is 19.3 Å². The monoisotopic (exact) mass is 269 g/mol. The molecule has 3 nitrogen and oxygen atoms in total. The number of ether oxygens (including phenoxy) is 2. The van der Waals surface area contributed by atoms with Crippen LogP contribution in [0.25, 0.3) is 0 Å². The minimum atomic E-state index is 0.377. The van der Waals surface area contributed by atoms with Gasteiger partial charge in [0.2, 0.25) is 0 Å². The van der Waals surface area contributed by atoms with Crippen LogP contribution in [0.4, 0.5) is 0 Å². The maximum absolute atomic E-state index is 6.17. The minimum Gasteiger partial charge on any atom is -0.381 e. The molecule has 0 aromatic rings. The molecule has 2 fully saturated rings. The summed E-state index contributed by atoms with van der Waals surface area (Å²) < 4.78 is 11.9. The quantitative estimate of drug-likeness (QED) is 0.804. The molecule has 19 heavy (non-hydrogen) atoms. The van der Waals surface area contributed by atoms with Crippen molar-refractivity contribution in [2.45, 2.75) is 64.0 Å². The molecule has 1 saturated carbocycles. The summed E-state index contributed by atoms with van der Waals surface area (Å²) in [6, 6.07) is 0.461. The molecular formula is C16H31NO2. The van der Waals surface area contributed by atoms with E-state index in [1.165, 1.54) is 44.9 Å². The van der Waals surface area contributed by atoms with Crippen LogP contribution in [0.15, 0.2) is 0 Å². The number of likely N-dealkylation sites (N-methyl/N-ethyl adjacent to an activating group) is 1. The third-order valence-corrected chi connectivity index (χ3v) is 4.86. The van der Waals surface area contributed by atoms with Gasteiger partial charge in [-0.3, -0.25) is 0 Å². The Morgan fingerprint density at radius 1 is 1.11 bits per heavy atom. The molecule has 2 aliphatic rings. The van der Waals surface area contributed by atoms with E-state index in [1.807, 2.05) is 0 Å². The third kappa shape index (κ3) is 4.17. The van der Waals surface area contributed by atoms with Crippen LogP contribution >= 0.6 is 0 Å². The maximum atomic E-state index is 6.17. The summed E-state index contributed by atoms with van der Waals surface area (Å²) in [5.41, 5.74) is 0. The maximum Gasteiger partial charge on any atom is 0.0759 e. The lowest BCUT2D eigenvalue weighted by atomic mass is 9.78. The lowest BCUT2D eigenvalue weighted by Crippen LogP contribution is -2.51. The van der Waals surface area contributed by atoms with Crippen LogP contribution in [0.1, 0.15) is 51.9 Å². The fourth-order valence-corrected chi connectivity index (χ4v) is 3.91. The van der Waals surface area contributed by atoms with E-state index in [9.17, 15) is 0 Å². The largest absolute Gasteiger partial charge is 0.381 e. The Bertz CT molecular complexity index is 235. The first-order chi connectivity index (χ1) is 9.36. The molecule has 1 aliphatic heterocycles. The average Bonchev–Trinajstić information content (AvgIpc) is 2.49. The Morgan fingerprint density at radius 2 is 1.84 bits per heavy atom. The molecule has 0 aromatic heterocycles. The molecule has 0 radical (unpaired) electrons. The van der Waals surface area contributed by atoms with Gasteiger partial charge in [0.25, 0.3) is 0 Å². The van der Waals surface area contributed by atoms with E-state index in [2.05, 4.69) is 19.3 Å². The Labute approximate surface area is 118 Å². The van der Waals surface area contributed by atoms with Gasteiger partial charge >= 0.3 is 0 Å². The third-order valence-electron chi connectivity index (χ3n) is 4.86. The number of rotatable bonds is 6. The van der Waals surface area contributed by atoms with E-state index in [1.54, 1.807) is 0 Å². The second-order valence-electron chi connectivity index (χ2n) is 6.11.